The Balaban J connectivity index is 1.88. The predicted molar refractivity (Wildman–Crippen MR) is 91.1 cm³/mol. The van der Waals surface area contributed by atoms with Crippen LogP contribution in [0.1, 0.15) is 27.2 Å². The van der Waals surface area contributed by atoms with Gasteiger partial charge < -0.3 is 4.74 Å². The molecule has 124 valence electrons. The van der Waals surface area contributed by atoms with Gasteiger partial charge in [0, 0.05) is 22.5 Å². The van der Waals surface area contributed by atoms with Gasteiger partial charge in [-0.1, -0.05) is 58.4 Å². The highest BCUT2D eigenvalue weighted by molar-refractivity contribution is 9.09. The van der Waals surface area contributed by atoms with E-state index in [-0.39, 0.29) is 22.5 Å². The Kier molecular flexibility index (Phi) is 6.20. The van der Waals surface area contributed by atoms with Crippen LogP contribution in [0.25, 0.3) is 0 Å². The van der Waals surface area contributed by atoms with Crippen molar-refractivity contribution in [2.45, 2.75) is 11.2 Å². The number of carbonyl (C=O) groups is 2. The second kappa shape index (κ2) is 8.35. The lowest BCUT2D eigenvalue weighted by Gasteiger charge is -2.09. The molecule has 0 fully saturated rings. The number of benzene rings is 2. The fraction of sp³-hybridized carbons (Fsp3) is 0.176. The molecule has 7 heteroatoms. The van der Waals surface area contributed by atoms with Gasteiger partial charge in [0.15, 0.2) is 6.61 Å². The van der Waals surface area contributed by atoms with Crippen LogP contribution in [-0.2, 0) is 9.53 Å². The monoisotopic (exact) mass is 391 g/mol. The highest BCUT2D eigenvalue weighted by atomic mass is 79.9. The summed E-state index contributed by atoms with van der Waals surface area (Å²) in [5, 5.41) is 10.7. The standard InChI is InChI=1S/C17H14BrNO5/c18-15(12-5-2-1-3-6-12)10-17(21)24-11-16(20)13-7-4-8-14(9-13)19(22)23/h1-9,15H,10-11H2. The van der Waals surface area contributed by atoms with E-state index in [0.717, 1.165) is 11.6 Å². The maximum Gasteiger partial charge on any atom is 0.307 e. The van der Waals surface area contributed by atoms with Gasteiger partial charge in [0.1, 0.15) is 0 Å². The van der Waals surface area contributed by atoms with Gasteiger partial charge in [-0.3, -0.25) is 19.7 Å². The Morgan fingerprint density at radius 1 is 1.12 bits per heavy atom. The van der Waals surface area contributed by atoms with Gasteiger partial charge in [0.05, 0.1) is 11.3 Å². The van der Waals surface area contributed by atoms with E-state index >= 15 is 0 Å². The molecule has 0 saturated heterocycles. The Hall–Kier alpha value is -2.54. The maximum absolute atomic E-state index is 12.0. The first kappa shape index (κ1) is 17.8. The molecule has 0 bridgehead atoms. The smallest absolute Gasteiger partial charge is 0.307 e. The molecule has 0 spiro atoms. The van der Waals surface area contributed by atoms with Crippen LogP contribution in [0.15, 0.2) is 54.6 Å². The number of hydrogen-bond acceptors (Lipinski definition) is 5. The fourth-order valence-electron chi connectivity index (χ4n) is 2.01. The van der Waals surface area contributed by atoms with Gasteiger partial charge in [0.2, 0.25) is 5.78 Å². The molecule has 0 aliphatic carbocycles. The van der Waals surface area contributed by atoms with Crippen molar-refractivity contribution in [3.05, 3.63) is 75.8 Å². The van der Waals surface area contributed by atoms with Crippen molar-refractivity contribution in [1.82, 2.24) is 0 Å². The summed E-state index contributed by atoms with van der Waals surface area (Å²) < 4.78 is 4.96. The molecule has 1 unspecified atom stereocenters. The van der Waals surface area contributed by atoms with Crippen LogP contribution in [0, 0.1) is 10.1 Å². The zero-order valence-electron chi connectivity index (χ0n) is 12.6. The van der Waals surface area contributed by atoms with E-state index in [1.165, 1.54) is 18.2 Å². The summed E-state index contributed by atoms with van der Waals surface area (Å²) in [6, 6.07) is 14.7. The Morgan fingerprint density at radius 2 is 1.83 bits per heavy atom. The summed E-state index contributed by atoms with van der Waals surface area (Å²) in [5.41, 5.74) is 0.881. The first-order chi connectivity index (χ1) is 11.5. The summed E-state index contributed by atoms with van der Waals surface area (Å²) in [5.74, 6) is -1.02. The molecular weight excluding hydrogens is 378 g/mol. The van der Waals surface area contributed by atoms with E-state index in [1.54, 1.807) is 0 Å². The molecular formula is C17H14BrNO5. The van der Waals surface area contributed by atoms with Crippen molar-refractivity contribution in [3.8, 4) is 0 Å². The molecule has 0 N–H and O–H groups in total. The number of Topliss-reactive ketones (excluding diaryl/α,β-unsaturated/α-hetero) is 1. The molecule has 2 aromatic carbocycles. The van der Waals surface area contributed by atoms with Crippen molar-refractivity contribution in [3.63, 3.8) is 0 Å². The number of nitro groups is 1. The molecule has 0 aromatic heterocycles. The van der Waals surface area contributed by atoms with Crippen molar-refractivity contribution >= 4 is 33.4 Å². The molecule has 2 rings (SSSR count). The van der Waals surface area contributed by atoms with E-state index in [2.05, 4.69) is 15.9 Å². The quantitative estimate of drug-likeness (QED) is 0.235. The number of halogens is 1. The number of rotatable bonds is 7. The number of ketones is 1. The van der Waals surface area contributed by atoms with Gasteiger partial charge >= 0.3 is 5.97 Å². The zero-order chi connectivity index (χ0) is 17.5. The van der Waals surface area contributed by atoms with Crippen LogP contribution < -0.4 is 0 Å². The summed E-state index contributed by atoms with van der Waals surface area (Å²) in [6.45, 7) is -0.450. The lowest BCUT2D eigenvalue weighted by Crippen LogP contribution is -2.15. The highest BCUT2D eigenvalue weighted by Gasteiger charge is 2.17. The van der Waals surface area contributed by atoms with Gasteiger partial charge in [-0.2, -0.15) is 0 Å². The topological polar surface area (TPSA) is 86.5 Å². The molecule has 0 amide bonds. The first-order valence-electron chi connectivity index (χ1n) is 7.09. The van der Waals surface area contributed by atoms with Crippen molar-refractivity contribution in [1.29, 1.82) is 0 Å². The second-order valence-corrected chi connectivity index (χ2v) is 6.08. The van der Waals surface area contributed by atoms with Crippen LogP contribution >= 0.6 is 15.9 Å². The Morgan fingerprint density at radius 3 is 2.50 bits per heavy atom. The SMILES string of the molecule is O=C(CC(Br)c1ccccc1)OCC(=O)c1cccc([N+](=O)[O-])c1. The summed E-state index contributed by atoms with van der Waals surface area (Å²) in [4.78, 5) is 33.7. The number of hydrogen-bond donors (Lipinski definition) is 0. The molecule has 1 atom stereocenters. The molecule has 0 aliphatic rings. The summed E-state index contributed by atoms with van der Waals surface area (Å²) >= 11 is 3.40. The van der Waals surface area contributed by atoms with Crippen LogP contribution in [0.2, 0.25) is 0 Å². The number of alkyl halides is 1. The van der Waals surface area contributed by atoms with Crippen molar-refractivity contribution < 1.29 is 19.2 Å². The Bertz CT molecular complexity index is 748. The van der Waals surface area contributed by atoms with Crippen LogP contribution in [0.4, 0.5) is 5.69 Å². The molecule has 0 radical (unpaired) electrons. The third-order valence-electron chi connectivity index (χ3n) is 3.25. The largest absolute Gasteiger partial charge is 0.457 e. The third kappa shape index (κ3) is 4.99. The first-order valence-corrected chi connectivity index (χ1v) is 8.01. The number of carbonyl (C=O) groups excluding carboxylic acids is 2. The molecule has 0 saturated carbocycles. The summed E-state index contributed by atoms with van der Waals surface area (Å²) in [6.07, 6.45) is 0.0756. The summed E-state index contributed by atoms with van der Waals surface area (Å²) in [7, 11) is 0. The molecule has 6 nitrogen and oxygen atoms in total. The molecule has 24 heavy (non-hydrogen) atoms. The van der Waals surface area contributed by atoms with Crippen LogP contribution in [0.5, 0.6) is 0 Å². The molecule has 2 aromatic rings. The van der Waals surface area contributed by atoms with Crippen molar-refractivity contribution in [2.24, 2.45) is 0 Å². The van der Waals surface area contributed by atoms with E-state index in [0.29, 0.717) is 0 Å². The lowest BCUT2D eigenvalue weighted by molar-refractivity contribution is -0.384. The Labute approximate surface area is 146 Å². The lowest BCUT2D eigenvalue weighted by atomic mass is 10.1. The average Bonchev–Trinajstić information content (AvgIpc) is 2.60. The van der Waals surface area contributed by atoms with Crippen LogP contribution in [0.3, 0.4) is 0 Å². The minimum atomic E-state index is -0.585. The van der Waals surface area contributed by atoms with E-state index in [1.807, 2.05) is 30.3 Å². The third-order valence-corrected chi connectivity index (χ3v) is 4.10. The fourth-order valence-corrected chi connectivity index (χ4v) is 2.58. The highest BCUT2D eigenvalue weighted by Crippen LogP contribution is 2.26. The van der Waals surface area contributed by atoms with E-state index in [4.69, 9.17) is 4.74 Å². The average molecular weight is 392 g/mol. The number of non-ortho nitro benzene ring substituents is 1. The van der Waals surface area contributed by atoms with E-state index in [9.17, 15) is 19.7 Å². The number of nitro benzene ring substituents is 1. The number of ether oxygens (including phenoxy) is 1. The predicted octanol–water partition coefficient (Wildman–Crippen LogP) is 3.85. The number of nitrogens with zero attached hydrogens (tertiary/aromatic N) is 1. The van der Waals surface area contributed by atoms with Gasteiger partial charge in [-0.25, -0.2) is 0 Å². The van der Waals surface area contributed by atoms with Crippen LogP contribution in [-0.4, -0.2) is 23.3 Å². The van der Waals surface area contributed by atoms with Crippen molar-refractivity contribution in [2.75, 3.05) is 6.61 Å². The minimum absolute atomic E-state index is 0.0756. The zero-order valence-corrected chi connectivity index (χ0v) is 14.1. The number of esters is 1. The minimum Gasteiger partial charge on any atom is -0.457 e. The maximum atomic E-state index is 12.0. The molecule has 0 aliphatic heterocycles. The van der Waals surface area contributed by atoms with E-state index < -0.39 is 23.3 Å². The normalized spacial score (nSPS) is 11.5. The van der Waals surface area contributed by atoms with Gasteiger partial charge in [0.25, 0.3) is 5.69 Å². The van der Waals surface area contributed by atoms with Gasteiger partial charge in [-0.05, 0) is 5.56 Å². The van der Waals surface area contributed by atoms with Gasteiger partial charge in [-0.15, -0.1) is 0 Å². The molecule has 0 heterocycles. The second-order valence-electron chi connectivity index (χ2n) is 4.97.